The normalized spacial score (nSPS) is 19.5. The number of carbonyl (C=O) groups excluding carboxylic acids is 2. The molecule has 0 aliphatic carbocycles. The maximum atomic E-state index is 10.7. The van der Waals surface area contributed by atoms with E-state index >= 15 is 0 Å². The van der Waals surface area contributed by atoms with Crippen LogP contribution in [0.5, 0.6) is 0 Å². The van der Waals surface area contributed by atoms with Crippen LogP contribution in [0.3, 0.4) is 0 Å². The van der Waals surface area contributed by atoms with Crippen LogP contribution in [0, 0.1) is 0 Å². The Kier molecular flexibility index (Phi) is 5.43. The lowest BCUT2D eigenvalue weighted by molar-refractivity contribution is -0.136. The summed E-state index contributed by atoms with van der Waals surface area (Å²) in [5, 5.41) is 35.6. The van der Waals surface area contributed by atoms with Gasteiger partial charge in [0.2, 0.25) is 5.78 Å². The molecule has 82 valence electrons. The zero-order valence-corrected chi connectivity index (χ0v) is 7.28. The van der Waals surface area contributed by atoms with Crippen LogP contribution in [0.25, 0.3) is 0 Å². The third-order valence-electron chi connectivity index (χ3n) is 1.74. The van der Waals surface area contributed by atoms with Crippen molar-refractivity contribution in [1.82, 2.24) is 0 Å². The molecule has 0 fully saturated rings. The minimum Gasteiger partial charge on any atom is -0.394 e. The number of aliphatic hydroxyl groups is 4. The van der Waals surface area contributed by atoms with Crippen molar-refractivity contribution in [3.8, 4) is 0 Å². The van der Waals surface area contributed by atoms with Crippen molar-refractivity contribution in [2.75, 3.05) is 6.61 Å². The van der Waals surface area contributed by atoms with Crippen molar-refractivity contribution in [2.24, 2.45) is 5.73 Å². The Balaban J connectivity index is 4.37. The first-order chi connectivity index (χ1) is 6.45. The number of rotatable bonds is 6. The maximum absolute atomic E-state index is 10.7. The van der Waals surface area contributed by atoms with Crippen molar-refractivity contribution in [2.45, 2.75) is 24.4 Å². The highest BCUT2D eigenvalue weighted by atomic mass is 16.4. The molecule has 0 bridgehead atoms. The second-order valence-corrected chi connectivity index (χ2v) is 2.78. The fourth-order valence-corrected chi connectivity index (χ4v) is 0.795. The molecule has 0 saturated heterocycles. The molecule has 7 nitrogen and oxygen atoms in total. The van der Waals surface area contributed by atoms with Crippen LogP contribution in [-0.4, -0.2) is 63.5 Å². The van der Waals surface area contributed by atoms with Crippen LogP contribution in [0.4, 0.5) is 0 Å². The number of Topliss-reactive ketones (excluding diaryl/α,β-unsaturated/α-hetero) is 1. The first-order valence-corrected chi connectivity index (χ1v) is 3.85. The highest BCUT2D eigenvalue weighted by Crippen LogP contribution is 2.03. The molecular formula is C7H13NO6. The molecule has 0 radical (unpaired) electrons. The van der Waals surface area contributed by atoms with Gasteiger partial charge in [-0.25, -0.2) is 0 Å². The van der Waals surface area contributed by atoms with Gasteiger partial charge < -0.3 is 26.2 Å². The number of carbonyl (C=O) groups is 2. The second-order valence-electron chi connectivity index (χ2n) is 2.78. The average molecular weight is 207 g/mol. The Morgan fingerprint density at radius 2 is 1.79 bits per heavy atom. The molecule has 14 heavy (non-hydrogen) atoms. The van der Waals surface area contributed by atoms with Gasteiger partial charge in [0, 0.05) is 0 Å². The van der Waals surface area contributed by atoms with Crippen molar-refractivity contribution < 1.29 is 30.0 Å². The Labute approximate surface area is 79.8 Å². The van der Waals surface area contributed by atoms with Gasteiger partial charge in [0.1, 0.15) is 24.4 Å². The molecule has 0 unspecified atom stereocenters. The number of aliphatic hydroxyl groups excluding tert-OH is 4. The molecular weight excluding hydrogens is 194 g/mol. The number of hydrogen-bond donors (Lipinski definition) is 5. The molecule has 0 heterocycles. The van der Waals surface area contributed by atoms with Crippen molar-refractivity contribution in [1.29, 1.82) is 0 Å². The summed E-state index contributed by atoms with van der Waals surface area (Å²) in [7, 11) is 0. The topological polar surface area (TPSA) is 141 Å². The molecule has 0 aliphatic rings. The summed E-state index contributed by atoms with van der Waals surface area (Å²) in [6.45, 7) is -0.791. The van der Waals surface area contributed by atoms with E-state index in [0.717, 1.165) is 0 Å². The lowest BCUT2D eigenvalue weighted by atomic mass is 9.99. The quantitative estimate of drug-likeness (QED) is 0.222. The second kappa shape index (κ2) is 5.78. The average Bonchev–Trinajstić information content (AvgIpc) is 2.23. The Morgan fingerprint density at radius 1 is 1.29 bits per heavy atom. The lowest BCUT2D eigenvalue weighted by Crippen LogP contribution is -2.53. The summed E-state index contributed by atoms with van der Waals surface area (Å²) in [5.41, 5.74) is 5.08. The van der Waals surface area contributed by atoms with E-state index in [4.69, 9.17) is 26.2 Å². The first kappa shape index (κ1) is 13.1. The SMILES string of the molecule is N[C@@H](C(=O)C=O)[C@@H](O)[C@@H](O)[C@H](O)CO. The van der Waals surface area contributed by atoms with E-state index in [-0.39, 0.29) is 6.29 Å². The van der Waals surface area contributed by atoms with E-state index in [0.29, 0.717) is 0 Å². The first-order valence-electron chi connectivity index (χ1n) is 3.85. The highest BCUT2D eigenvalue weighted by Gasteiger charge is 2.32. The Morgan fingerprint density at radius 3 is 2.14 bits per heavy atom. The largest absolute Gasteiger partial charge is 0.394 e. The van der Waals surface area contributed by atoms with E-state index in [1.807, 2.05) is 0 Å². The summed E-state index contributed by atoms with van der Waals surface area (Å²) in [5.74, 6) is -1.10. The van der Waals surface area contributed by atoms with Crippen LogP contribution in [0.1, 0.15) is 0 Å². The van der Waals surface area contributed by atoms with Crippen LogP contribution in [0.2, 0.25) is 0 Å². The number of hydrogen-bond acceptors (Lipinski definition) is 7. The number of ketones is 1. The summed E-state index contributed by atoms with van der Waals surface area (Å²) in [6.07, 6.45) is -5.28. The maximum Gasteiger partial charge on any atom is 0.214 e. The monoisotopic (exact) mass is 207 g/mol. The van der Waals surface area contributed by atoms with Crippen molar-refractivity contribution in [3.05, 3.63) is 0 Å². The Bertz CT molecular complexity index is 208. The van der Waals surface area contributed by atoms with Gasteiger partial charge in [-0.2, -0.15) is 0 Å². The summed E-state index contributed by atoms with van der Waals surface area (Å²) in [4.78, 5) is 20.6. The van der Waals surface area contributed by atoms with Gasteiger partial charge in [-0.15, -0.1) is 0 Å². The van der Waals surface area contributed by atoms with E-state index in [1.165, 1.54) is 0 Å². The fourth-order valence-electron chi connectivity index (χ4n) is 0.795. The summed E-state index contributed by atoms with van der Waals surface area (Å²) in [6, 6.07) is -1.61. The van der Waals surface area contributed by atoms with Gasteiger partial charge in [0.05, 0.1) is 6.61 Å². The van der Waals surface area contributed by atoms with E-state index in [2.05, 4.69) is 0 Å². The number of nitrogens with two attached hydrogens (primary N) is 1. The van der Waals surface area contributed by atoms with Crippen LogP contribution < -0.4 is 5.73 Å². The zero-order valence-electron chi connectivity index (χ0n) is 7.28. The van der Waals surface area contributed by atoms with Gasteiger partial charge in [0.25, 0.3) is 0 Å². The minimum atomic E-state index is -1.80. The van der Waals surface area contributed by atoms with E-state index < -0.39 is 36.7 Å². The summed E-state index contributed by atoms with van der Waals surface area (Å²) < 4.78 is 0. The highest BCUT2D eigenvalue weighted by molar-refractivity contribution is 6.27. The molecule has 0 aromatic heterocycles. The molecule has 6 N–H and O–H groups in total. The molecule has 0 aromatic rings. The van der Waals surface area contributed by atoms with Gasteiger partial charge in [-0.3, -0.25) is 9.59 Å². The molecule has 0 rings (SSSR count). The van der Waals surface area contributed by atoms with Gasteiger partial charge in [-0.05, 0) is 0 Å². The van der Waals surface area contributed by atoms with Crippen molar-refractivity contribution in [3.63, 3.8) is 0 Å². The van der Waals surface area contributed by atoms with Crippen LogP contribution in [0.15, 0.2) is 0 Å². The van der Waals surface area contributed by atoms with E-state index in [1.54, 1.807) is 0 Å². The van der Waals surface area contributed by atoms with E-state index in [9.17, 15) is 9.59 Å². The molecule has 0 amide bonds. The van der Waals surface area contributed by atoms with Gasteiger partial charge >= 0.3 is 0 Å². The smallest absolute Gasteiger partial charge is 0.214 e. The lowest BCUT2D eigenvalue weighted by Gasteiger charge is -2.24. The summed E-state index contributed by atoms with van der Waals surface area (Å²) >= 11 is 0. The molecule has 0 saturated carbocycles. The van der Waals surface area contributed by atoms with Gasteiger partial charge in [0.15, 0.2) is 6.29 Å². The zero-order chi connectivity index (χ0) is 11.3. The molecule has 0 aromatic carbocycles. The fraction of sp³-hybridized carbons (Fsp3) is 0.714. The molecule has 0 spiro atoms. The third-order valence-corrected chi connectivity index (χ3v) is 1.74. The predicted octanol–water partition coefficient (Wildman–Crippen LogP) is -3.84. The molecule has 0 aliphatic heterocycles. The third kappa shape index (κ3) is 3.13. The van der Waals surface area contributed by atoms with Crippen molar-refractivity contribution >= 4 is 12.1 Å². The van der Waals surface area contributed by atoms with Crippen LogP contribution >= 0.6 is 0 Å². The molecule has 7 heteroatoms. The van der Waals surface area contributed by atoms with Gasteiger partial charge in [-0.1, -0.05) is 0 Å². The number of aldehydes is 1. The Hall–Kier alpha value is -0.860. The predicted molar refractivity (Wildman–Crippen MR) is 44.2 cm³/mol. The van der Waals surface area contributed by atoms with Crippen LogP contribution in [-0.2, 0) is 9.59 Å². The standard InChI is InChI=1S/C7H13NO6/c8-5(3(11)1-9)7(14)6(13)4(12)2-10/h1,4-7,10,12-14H,2,8H2/t4-,5+,6+,7-/m1/s1. The molecule has 4 atom stereocenters. The minimum absolute atomic E-state index is 0.0913.